The molecule has 0 radical (unpaired) electrons. The molecule has 0 amide bonds. The molecule has 16 heavy (non-hydrogen) atoms. The normalized spacial score (nSPS) is 10.3. The predicted octanol–water partition coefficient (Wildman–Crippen LogP) is 1.53. The second kappa shape index (κ2) is 4.37. The molecule has 4 nitrogen and oxygen atoms in total. The summed E-state index contributed by atoms with van der Waals surface area (Å²) in [5, 5.41) is 0.539. The number of hydrogen-bond acceptors (Lipinski definition) is 3. The van der Waals surface area contributed by atoms with Crippen LogP contribution in [0.4, 0.5) is 5.69 Å². The van der Waals surface area contributed by atoms with Crippen LogP contribution < -0.4 is 11.3 Å². The molecule has 0 atom stereocenters. The van der Waals surface area contributed by atoms with Crippen LogP contribution in [0.15, 0.2) is 41.6 Å². The van der Waals surface area contributed by atoms with E-state index in [9.17, 15) is 4.79 Å². The highest BCUT2D eigenvalue weighted by molar-refractivity contribution is 6.31. The molecule has 0 aliphatic heterocycles. The van der Waals surface area contributed by atoms with Gasteiger partial charge >= 0.3 is 0 Å². The highest BCUT2D eigenvalue weighted by Crippen LogP contribution is 2.14. The molecule has 0 saturated carbocycles. The van der Waals surface area contributed by atoms with E-state index in [2.05, 4.69) is 4.98 Å². The van der Waals surface area contributed by atoms with E-state index < -0.39 is 0 Å². The zero-order chi connectivity index (χ0) is 11.5. The average molecular weight is 236 g/mol. The molecular weight excluding hydrogens is 226 g/mol. The second-order valence-corrected chi connectivity index (χ2v) is 3.77. The third kappa shape index (κ3) is 2.06. The highest BCUT2D eigenvalue weighted by atomic mass is 35.5. The Morgan fingerprint density at radius 2 is 2.25 bits per heavy atom. The Balaban J connectivity index is 2.39. The smallest absolute Gasteiger partial charge is 0.273 e. The Labute approximate surface area is 97.3 Å². The standard InChI is InChI=1S/C11H10ClN3O/c12-9-6-14-4-3-8(9)7-15-5-1-2-10(13)11(15)16/h1-6H,7,13H2. The van der Waals surface area contributed by atoms with Gasteiger partial charge in [-0.3, -0.25) is 9.78 Å². The maximum absolute atomic E-state index is 11.7. The molecule has 0 spiro atoms. The zero-order valence-corrected chi connectivity index (χ0v) is 9.19. The molecule has 2 aromatic rings. The van der Waals surface area contributed by atoms with Crippen molar-refractivity contribution >= 4 is 17.3 Å². The monoisotopic (exact) mass is 235 g/mol. The number of rotatable bonds is 2. The van der Waals surface area contributed by atoms with E-state index in [1.54, 1.807) is 36.8 Å². The van der Waals surface area contributed by atoms with Crippen molar-refractivity contribution in [2.75, 3.05) is 5.73 Å². The molecule has 2 N–H and O–H groups in total. The van der Waals surface area contributed by atoms with E-state index in [-0.39, 0.29) is 11.2 Å². The summed E-state index contributed by atoms with van der Waals surface area (Å²) in [5.74, 6) is 0. The van der Waals surface area contributed by atoms with Crippen molar-refractivity contribution < 1.29 is 0 Å². The lowest BCUT2D eigenvalue weighted by atomic mass is 10.2. The largest absolute Gasteiger partial charge is 0.394 e. The van der Waals surface area contributed by atoms with Gasteiger partial charge in [-0.15, -0.1) is 0 Å². The summed E-state index contributed by atoms with van der Waals surface area (Å²) >= 11 is 5.96. The summed E-state index contributed by atoms with van der Waals surface area (Å²) in [7, 11) is 0. The number of nitrogen functional groups attached to an aromatic ring is 1. The Bertz CT molecular complexity index is 565. The first-order valence-electron chi connectivity index (χ1n) is 4.72. The molecule has 2 heterocycles. The first kappa shape index (κ1) is 10.7. The third-order valence-corrected chi connectivity index (χ3v) is 2.59. The van der Waals surface area contributed by atoms with Crippen molar-refractivity contribution in [3.63, 3.8) is 0 Å². The molecule has 0 bridgehead atoms. The third-order valence-electron chi connectivity index (χ3n) is 2.25. The number of nitrogens with two attached hydrogens (primary N) is 1. The van der Waals surface area contributed by atoms with E-state index in [1.807, 2.05) is 0 Å². The van der Waals surface area contributed by atoms with Crippen LogP contribution in [-0.4, -0.2) is 9.55 Å². The fourth-order valence-corrected chi connectivity index (χ4v) is 1.57. The van der Waals surface area contributed by atoms with Crippen LogP contribution in [0.25, 0.3) is 0 Å². The summed E-state index contributed by atoms with van der Waals surface area (Å²) in [6.45, 7) is 0.394. The van der Waals surface area contributed by atoms with Crippen molar-refractivity contribution in [3.8, 4) is 0 Å². The number of nitrogens with zero attached hydrogens (tertiary/aromatic N) is 2. The van der Waals surface area contributed by atoms with Gasteiger partial charge in [0, 0.05) is 18.6 Å². The molecule has 2 rings (SSSR count). The Morgan fingerprint density at radius 3 is 3.00 bits per heavy atom. The van der Waals surface area contributed by atoms with E-state index >= 15 is 0 Å². The van der Waals surface area contributed by atoms with Crippen LogP contribution in [0.5, 0.6) is 0 Å². The van der Waals surface area contributed by atoms with Gasteiger partial charge in [0.1, 0.15) is 0 Å². The van der Waals surface area contributed by atoms with Crippen molar-refractivity contribution in [2.24, 2.45) is 0 Å². The van der Waals surface area contributed by atoms with Gasteiger partial charge in [-0.25, -0.2) is 0 Å². The minimum Gasteiger partial charge on any atom is -0.394 e. The number of anilines is 1. The van der Waals surface area contributed by atoms with E-state index in [0.29, 0.717) is 11.6 Å². The van der Waals surface area contributed by atoms with Crippen LogP contribution in [-0.2, 0) is 6.54 Å². The lowest BCUT2D eigenvalue weighted by molar-refractivity contribution is 0.761. The molecule has 0 fully saturated rings. The minimum atomic E-state index is -0.213. The van der Waals surface area contributed by atoms with Gasteiger partial charge in [0.05, 0.1) is 17.3 Å². The van der Waals surface area contributed by atoms with Crippen LogP contribution in [0, 0.1) is 0 Å². The Kier molecular flexibility index (Phi) is 2.92. The van der Waals surface area contributed by atoms with Gasteiger partial charge in [-0.2, -0.15) is 0 Å². The van der Waals surface area contributed by atoms with Crippen molar-refractivity contribution in [3.05, 3.63) is 57.7 Å². The maximum atomic E-state index is 11.7. The van der Waals surface area contributed by atoms with E-state index in [1.165, 1.54) is 4.57 Å². The maximum Gasteiger partial charge on any atom is 0.273 e. The minimum absolute atomic E-state index is 0.213. The predicted molar refractivity (Wildman–Crippen MR) is 63.5 cm³/mol. The fraction of sp³-hybridized carbons (Fsp3) is 0.0909. The first-order valence-corrected chi connectivity index (χ1v) is 5.09. The van der Waals surface area contributed by atoms with Gasteiger partial charge in [-0.1, -0.05) is 11.6 Å². The SMILES string of the molecule is Nc1cccn(Cc2ccncc2Cl)c1=O. The molecule has 0 aromatic carbocycles. The van der Waals surface area contributed by atoms with E-state index in [0.717, 1.165) is 5.56 Å². The molecule has 5 heteroatoms. The van der Waals surface area contributed by atoms with Crippen LogP contribution in [0.1, 0.15) is 5.56 Å². The van der Waals surface area contributed by atoms with E-state index in [4.69, 9.17) is 17.3 Å². The Morgan fingerprint density at radius 1 is 1.44 bits per heavy atom. The highest BCUT2D eigenvalue weighted by Gasteiger charge is 2.03. The van der Waals surface area contributed by atoms with Crippen LogP contribution in [0.3, 0.4) is 0 Å². The number of halogens is 1. The average Bonchev–Trinajstić information content (AvgIpc) is 2.28. The molecule has 82 valence electrons. The summed E-state index contributed by atoms with van der Waals surface area (Å²) < 4.78 is 1.51. The summed E-state index contributed by atoms with van der Waals surface area (Å²) in [6.07, 6.45) is 4.86. The summed E-state index contributed by atoms with van der Waals surface area (Å²) in [6, 6.07) is 5.08. The second-order valence-electron chi connectivity index (χ2n) is 3.36. The molecular formula is C11H10ClN3O. The zero-order valence-electron chi connectivity index (χ0n) is 8.43. The van der Waals surface area contributed by atoms with Crippen molar-refractivity contribution in [1.29, 1.82) is 0 Å². The quantitative estimate of drug-likeness (QED) is 0.859. The number of pyridine rings is 2. The number of aromatic nitrogens is 2. The van der Waals surface area contributed by atoms with Gasteiger partial charge in [0.15, 0.2) is 0 Å². The molecule has 0 aliphatic rings. The van der Waals surface area contributed by atoms with Gasteiger partial charge in [-0.05, 0) is 23.8 Å². The van der Waals surface area contributed by atoms with Crippen LogP contribution in [0.2, 0.25) is 5.02 Å². The lowest BCUT2D eigenvalue weighted by Crippen LogP contribution is -2.22. The van der Waals surface area contributed by atoms with Crippen LogP contribution >= 0.6 is 11.6 Å². The van der Waals surface area contributed by atoms with Crippen molar-refractivity contribution in [2.45, 2.75) is 6.54 Å². The summed E-state index contributed by atoms with van der Waals surface area (Å²) in [4.78, 5) is 15.5. The lowest BCUT2D eigenvalue weighted by Gasteiger charge is -2.07. The first-order chi connectivity index (χ1) is 7.68. The van der Waals surface area contributed by atoms with Gasteiger partial charge in [0.2, 0.25) is 0 Å². The number of hydrogen-bond donors (Lipinski definition) is 1. The topological polar surface area (TPSA) is 60.9 Å². The van der Waals surface area contributed by atoms with Gasteiger partial charge in [0.25, 0.3) is 5.56 Å². The Hall–Kier alpha value is -1.81. The molecule has 0 unspecified atom stereocenters. The fourth-order valence-electron chi connectivity index (χ4n) is 1.40. The summed E-state index contributed by atoms with van der Waals surface area (Å²) in [5.41, 5.74) is 6.39. The molecule has 0 aliphatic carbocycles. The molecule has 2 aromatic heterocycles. The van der Waals surface area contributed by atoms with Gasteiger partial charge < -0.3 is 10.3 Å². The van der Waals surface area contributed by atoms with Crippen molar-refractivity contribution in [1.82, 2.24) is 9.55 Å². The molecule has 0 saturated heterocycles.